The second-order valence-electron chi connectivity index (χ2n) is 3.09. The molecule has 1 rings (SSSR count). The zero-order valence-corrected chi connectivity index (χ0v) is 9.77. The van der Waals surface area contributed by atoms with Crippen molar-refractivity contribution >= 4 is 31.7 Å². The van der Waals surface area contributed by atoms with Crippen LogP contribution in [0.5, 0.6) is 0 Å². The Bertz CT molecular complexity index is 285. The summed E-state index contributed by atoms with van der Waals surface area (Å²) in [4.78, 5) is 12.7. The second kappa shape index (κ2) is 3.96. The molecule has 13 heavy (non-hydrogen) atoms. The predicted octanol–water partition coefficient (Wildman–Crippen LogP) is 0.0268. The smallest absolute Gasteiger partial charge is 0.236 e. The van der Waals surface area contributed by atoms with Crippen LogP contribution in [-0.2, 0) is 14.6 Å². The highest BCUT2D eigenvalue weighted by Crippen LogP contribution is 2.09. The molecule has 1 unspecified atom stereocenters. The fourth-order valence-corrected chi connectivity index (χ4v) is 2.68. The summed E-state index contributed by atoms with van der Waals surface area (Å²) in [6.07, 6.45) is 0. The number of nitrogens with zero attached hydrogens (tertiary/aromatic N) is 1. The summed E-state index contributed by atoms with van der Waals surface area (Å²) in [6, 6.07) is 0. The van der Waals surface area contributed by atoms with Crippen LogP contribution in [0.3, 0.4) is 0 Å². The normalized spacial score (nSPS) is 24.0. The van der Waals surface area contributed by atoms with E-state index in [1.54, 1.807) is 11.8 Å². The standard InChI is InChI=1S/C7H12BrNO3S/c1-6(8)7(10)9-2-4-13(11,12)5-3-9/h6H,2-5H2,1H3. The van der Waals surface area contributed by atoms with Crippen LogP contribution in [0.4, 0.5) is 0 Å². The molecule has 6 heteroatoms. The molecule has 76 valence electrons. The first kappa shape index (κ1) is 11.0. The number of rotatable bonds is 1. The van der Waals surface area contributed by atoms with E-state index in [0.29, 0.717) is 13.1 Å². The van der Waals surface area contributed by atoms with Crippen LogP contribution in [-0.4, -0.2) is 48.6 Å². The Labute approximate surface area is 86.3 Å². The zero-order valence-electron chi connectivity index (χ0n) is 7.36. The van der Waals surface area contributed by atoms with Crippen LogP contribution in [0.15, 0.2) is 0 Å². The van der Waals surface area contributed by atoms with Crippen LogP contribution in [0.2, 0.25) is 0 Å². The summed E-state index contributed by atoms with van der Waals surface area (Å²) in [6.45, 7) is 2.40. The Morgan fingerprint density at radius 1 is 1.38 bits per heavy atom. The number of halogens is 1. The summed E-state index contributed by atoms with van der Waals surface area (Å²) < 4.78 is 22.1. The van der Waals surface area contributed by atoms with Crippen LogP contribution in [0.1, 0.15) is 6.92 Å². The van der Waals surface area contributed by atoms with Gasteiger partial charge in [0.1, 0.15) is 0 Å². The molecule has 4 nitrogen and oxygen atoms in total. The lowest BCUT2D eigenvalue weighted by molar-refractivity contribution is -0.129. The molecule has 1 amide bonds. The fourth-order valence-electron chi connectivity index (χ4n) is 1.18. The van der Waals surface area contributed by atoms with E-state index in [1.807, 2.05) is 0 Å². The number of carbonyl (C=O) groups is 1. The van der Waals surface area contributed by atoms with Gasteiger partial charge in [-0.25, -0.2) is 8.42 Å². The van der Waals surface area contributed by atoms with Gasteiger partial charge in [0.05, 0.1) is 16.3 Å². The third-order valence-electron chi connectivity index (χ3n) is 2.00. The monoisotopic (exact) mass is 269 g/mol. The molecule has 1 aliphatic rings. The van der Waals surface area contributed by atoms with E-state index in [4.69, 9.17) is 0 Å². The summed E-state index contributed by atoms with van der Waals surface area (Å²) in [5.74, 6) is 0.159. The SMILES string of the molecule is CC(Br)C(=O)N1CCS(=O)(=O)CC1. The summed E-state index contributed by atoms with van der Waals surface area (Å²) >= 11 is 3.16. The predicted molar refractivity (Wildman–Crippen MR) is 53.6 cm³/mol. The van der Waals surface area contributed by atoms with Crippen molar-refractivity contribution in [3.05, 3.63) is 0 Å². The Morgan fingerprint density at radius 3 is 2.23 bits per heavy atom. The Balaban J connectivity index is 2.55. The van der Waals surface area contributed by atoms with Crippen LogP contribution < -0.4 is 0 Å². The molecule has 0 bridgehead atoms. The first-order valence-corrected chi connectivity index (χ1v) is 6.79. The van der Waals surface area contributed by atoms with Gasteiger partial charge < -0.3 is 4.90 Å². The molecule has 0 spiro atoms. The largest absolute Gasteiger partial charge is 0.340 e. The van der Waals surface area contributed by atoms with Gasteiger partial charge in [0.25, 0.3) is 0 Å². The van der Waals surface area contributed by atoms with Crippen molar-refractivity contribution in [2.75, 3.05) is 24.6 Å². The third-order valence-corrected chi connectivity index (χ3v) is 4.00. The van der Waals surface area contributed by atoms with Gasteiger partial charge in [-0.15, -0.1) is 0 Å². The minimum Gasteiger partial charge on any atom is -0.340 e. The number of hydrogen-bond acceptors (Lipinski definition) is 3. The van der Waals surface area contributed by atoms with Crippen molar-refractivity contribution in [3.63, 3.8) is 0 Å². The Morgan fingerprint density at radius 2 is 1.85 bits per heavy atom. The molecule has 1 fully saturated rings. The highest BCUT2D eigenvalue weighted by molar-refractivity contribution is 9.10. The maximum atomic E-state index is 11.4. The van der Waals surface area contributed by atoms with Gasteiger partial charge in [-0.05, 0) is 6.92 Å². The molecule has 1 saturated heterocycles. The van der Waals surface area contributed by atoms with Crippen molar-refractivity contribution in [2.24, 2.45) is 0 Å². The van der Waals surface area contributed by atoms with Gasteiger partial charge in [-0.2, -0.15) is 0 Å². The average molecular weight is 270 g/mol. The molecule has 0 N–H and O–H groups in total. The number of alkyl halides is 1. The highest BCUT2D eigenvalue weighted by Gasteiger charge is 2.26. The van der Waals surface area contributed by atoms with E-state index < -0.39 is 9.84 Å². The lowest BCUT2D eigenvalue weighted by atomic mass is 10.4. The molecule has 0 aromatic rings. The number of carbonyl (C=O) groups excluding carboxylic acids is 1. The molecule has 0 saturated carbocycles. The fraction of sp³-hybridized carbons (Fsp3) is 0.857. The van der Waals surface area contributed by atoms with Crippen LogP contribution in [0.25, 0.3) is 0 Å². The lowest BCUT2D eigenvalue weighted by Gasteiger charge is -2.27. The average Bonchev–Trinajstić information content (AvgIpc) is 2.03. The summed E-state index contributed by atoms with van der Waals surface area (Å²) in [5, 5.41) is 0. The molecule has 0 aromatic heterocycles. The number of amides is 1. The van der Waals surface area contributed by atoms with Gasteiger partial charge in [-0.3, -0.25) is 4.79 Å². The molecule has 0 aromatic carbocycles. The minimum absolute atomic E-state index is 0.0325. The van der Waals surface area contributed by atoms with Gasteiger partial charge in [-0.1, -0.05) is 15.9 Å². The Hall–Kier alpha value is -0.100. The summed E-state index contributed by atoms with van der Waals surface area (Å²) in [5.41, 5.74) is 0. The highest BCUT2D eigenvalue weighted by atomic mass is 79.9. The van der Waals surface area contributed by atoms with Crippen molar-refractivity contribution in [2.45, 2.75) is 11.8 Å². The van der Waals surface area contributed by atoms with E-state index in [2.05, 4.69) is 15.9 Å². The van der Waals surface area contributed by atoms with E-state index in [0.717, 1.165) is 0 Å². The molecular formula is C7H12BrNO3S. The molecule has 0 aliphatic carbocycles. The molecule has 1 heterocycles. The van der Waals surface area contributed by atoms with Crippen molar-refractivity contribution in [1.29, 1.82) is 0 Å². The zero-order chi connectivity index (χ0) is 10.1. The van der Waals surface area contributed by atoms with Gasteiger partial charge in [0, 0.05) is 13.1 Å². The summed E-state index contributed by atoms with van der Waals surface area (Å²) in [7, 11) is -2.88. The van der Waals surface area contributed by atoms with Gasteiger partial charge >= 0.3 is 0 Å². The first-order chi connectivity index (χ1) is 5.92. The maximum absolute atomic E-state index is 11.4. The van der Waals surface area contributed by atoms with Crippen molar-refractivity contribution < 1.29 is 13.2 Å². The van der Waals surface area contributed by atoms with Gasteiger partial charge in [0.15, 0.2) is 9.84 Å². The third kappa shape index (κ3) is 2.95. The van der Waals surface area contributed by atoms with E-state index in [9.17, 15) is 13.2 Å². The van der Waals surface area contributed by atoms with E-state index in [1.165, 1.54) is 0 Å². The Kier molecular flexibility index (Phi) is 3.34. The number of sulfone groups is 1. The minimum atomic E-state index is -2.88. The second-order valence-corrected chi connectivity index (χ2v) is 6.77. The van der Waals surface area contributed by atoms with Crippen molar-refractivity contribution in [3.8, 4) is 0 Å². The van der Waals surface area contributed by atoms with E-state index in [-0.39, 0.29) is 22.2 Å². The van der Waals surface area contributed by atoms with Crippen molar-refractivity contribution in [1.82, 2.24) is 4.90 Å². The van der Waals surface area contributed by atoms with E-state index >= 15 is 0 Å². The lowest BCUT2D eigenvalue weighted by Crippen LogP contribution is -2.45. The molecule has 1 atom stereocenters. The van der Waals surface area contributed by atoms with Gasteiger partial charge in [0.2, 0.25) is 5.91 Å². The van der Waals surface area contributed by atoms with Crippen LogP contribution in [0, 0.1) is 0 Å². The quantitative estimate of drug-likeness (QED) is 0.631. The molecule has 0 radical (unpaired) electrons. The topological polar surface area (TPSA) is 54.5 Å². The number of hydrogen-bond donors (Lipinski definition) is 0. The molecular weight excluding hydrogens is 258 g/mol. The first-order valence-electron chi connectivity index (χ1n) is 4.06. The maximum Gasteiger partial charge on any atom is 0.236 e. The van der Waals surface area contributed by atoms with Crippen LogP contribution >= 0.6 is 15.9 Å². The molecule has 1 aliphatic heterocycles.